The minimum absolute atomic E-state index is 0.0451. The van der Waals surface area contributed by atoms with E-state index < -0.39 is 5.41 Å². The molecule has 0 spiro atoms. The molecule has 1 saturated carbocycles. The quantitative estimate of drug-likeness (QED) is 0.332. The molecule has 1 fully saturated rings. The number of alkyl halides is 1. The number of methoxy groups -OCH3 is 1. The van der Waals surface area contributed by atoms with Crippen LogP contribution in [0, 0.1) is 5.41 Å². The Bertz CT molecular complexity index is 214. The highest BCUT2D eigenvalue weighted by Crippen LogP contribution is 2.37. The van der Waals surface area contributed by atoms with Crippen LogP contribution in [0.3, 0.4) is 0 Å². The molecule has 0 amide bonds. The Morgan fingerprint density at radius 2 is 2.42 bits per heavy atom. The van der Waals surface area contributed by atoms with Gasteiger partial charge in [0.2, 0.25) is 0 Å². The molecule has 68 valence electrons. The third-order valence-corrected chi connectivity index (χ3v) is 3.65. The monoisotopic (exact) mass is 282 g/mol. The first-order chi connectivity index (χ1) is 5.67. The van der Waals surface area contributed by atoms with Crippen molar-refractivity contribution >= 4 is 34.3 Å². The normalized spacial score (nSPS) is 29.0. The summed E-state index contributed by atoms with van der Waals surface area (Å²) in [6.45, 7) is 0. The van der Waals surface area contributed by atoms with Crippen LogP contribution in [-0.4, -0.2) is 23.3 Å². The van der Waals surface area contributed by atoms with Crippen LogP contribution in [0.25, 0.3) is 0 Å². The second-order valence-corrected chi connectivity index (χ2v) is 3.75. The molecule has 0 aromatic carbocycles. The van der Waals surface area contributed by atoms with Crippen molar-refractivity contribution in [2.75, 3.05) is 11.5 Å². The van der Waals surface area contributed by atoms with E-state index in [1.807, 2.05) is 0 Å². The van der Waals surface area contributed by atoms with Crippen LogP contribution in [0.4, 0.5) is 0 Å². The molecule has 0 bridgehead atoms. The number of esters is 1. The highest BCUT2D eigenvalue weighted by molar-refractivity contribution is 14.1. The number of hydrogen-bond acceptors (Lipinski definition) is 3. The molecular formula is C8H11IO3. The molecule has 1 atom stereocenters. The fourth-order valence-electron chi connectivity index (χ4n) is 1.54. The zero-order valence-electron chi connectivity index (χ0n) is 6.93. The van der Waals surface area contributed by atoms with Crippen LogP contribution in [0.2, 0.25) is 0 Å². The van der Waals surface area contributed by atoms with Crippen molar-refractivity contribution in [2.24, 2.45) is 5.41 Å². The summed E-state index contributed by atoms with van der Waals surface area (Å²) in [5, 5.41) is 0. The average Bonchev–Trinajstić information content (AvgIpc) is 2.46. The van der Waals surface area contributed by atoms with Crippen molar-refractivity contribution in [1.29, 1.82) is 0 Å². The van der Waals surface area contributed by atoms with Gasteiger partial charge in [-0.15, -0.1) is 0 Å². The summed E-state index contributed by atoms with van der Waals surface area (Å²) in [5.41, 5.74) is -0.810. The Morgan fingerprint density at radius 1 is 1.75 bits per heavy atom. The van der Waals surface area contributed by atoms with Gasteiger partial charge in [-0.05, 0) is 12.8 Å². The van der Waals surface area contributed by atoms with Crippen LogP contribution in [0.1, 0.15) is 19.3 Å². The van der Waals surface area contributed by atoms with Gasteiger partial charge in [-0.2, -0.15) is 0 Å². The van der Waals surface area contributed by atoms with E-state index in [1.165, 1.54) is 7.11 Å². The van der Waals surface area contributed by atoms with Crippen molar-refractivity contribution < 1.29 is 14.3 Å². The summed E-state index contributed by atoms with van der Waals surface area (Å²) < 4.78 is 5.17. The van der Waals surface area contributed by atoms with Gasteiger partial charge in [0.05, 0.1) is 7.11 Å². The predicted molar refractivity (Wildman–Crippen MR) is 52.2 cm³/mol. The van der Waals surface area contributed by atoms with Gasteiger partial charge in [0.25, 0.3) is 0 Å². The minimum Gasteiger partial charge on any atom is -0.468 e. The van der Waals surface area contributed by atoms with E-state index in [1.54, 1.807) is 0 Å². The molecule has 0 aromatic heterocycles. The van der Waals surface area contributed by atoms with Gasteiger partial charge in [0.1, 0.15) is 5.41 Å². The van der Waals surface area contributed by atoms with Gasteiger partial charge in [-0.3, -0.25) is 9.59 Å². The molecular weight excluding hydrogens is 271 g/mol. The van der Waals surface area contributed by atoms with E-state index in [9.17, 15) is 9.59 Å². The summed E-state index contributed by atoms with van der Waals surface area (Å²) in [4.78, 5) is 22.8. The van der Waals surface area contributed by atoms with Crippen LogP contribution >= 0.6 is 22.6 Å². The number of Topliss-reactive ketones (excluding diaryl/α,β-unsaturated/α-hetero) is 1. The van der Waals surface area contributed by atoms with Gasteiger partial charge in [-0.25, -0.2) is 0 Å². The lowest BCUT2D eigenvalue weighted by molar-refractivity contribution is -0.154. The Balaban J connectivity index is 2.88. The van der Waals surface area contributed by atoms with Gasteiger partial charge < -0.3 is 4.74 Å². The van der Waals surface area contributed by atoms with Crippen LogP contribution in [0.15, 0.2) is 0 Å². The van der Waals surface area contributed by atoms with Crippen LogP contribution in [-0.2, 0) is 14.3 Å². The van der Waals surface area contributed by atoms with Gasteiger partial charge in [-0.1, -0.05) is 22.6 Å². The molecule has 4 heteroatoms. The summed E-state index contributed by atoms with van der Waals surface area (Å²) >= 11 is 2.07. The summed E-state index contributed by atoms with van der Waals surface area (Å²) in [5.74, 6) is -0.317. The molecule has 0 heterocycles. The molecule has 0 N–H and O–H groups in total. The number of hydrogen-bond donors (Lipinski definition) is 0. The third kappa shape index (κ3) is 1.36. The molecule has 1 unspecified atom stereocenters. The molecule has 0 saturated heterocycles. The fraction of sp³-hybridized carbons (Fsp3) is 0.750. The van der Waals surface area contributed by atoms with Crippen molar-refractivity contribution in [3.63, 3.8) is 0 Å². The van der Waals surface area contributed by atoms with Crippen molar-refractivity contribution in [3.8, 4) is 0 Å². The first-order valence-electron chi connectivity index (χ1n) is 3.85. The van der Waals surface area contributed by atoms with Crippen LogP contribution < -0.4 is 0 Å². The molecule has 1 aliphatic rings. The molecule has 3 nitrogen and oxygen atoms in total. The lowest BCUT2D eigenvalue weighted by Gasteiger charge is -2.20. The molecule has 1 rings (SSSR count). The molecule has 12 heavy (non-hydrogen) atoms. The summed E-state index contributed by atoms with van der Waals surface area (Å²) in [7, 11) is 1.34. The Morgan fingerprint density at radius 3 is 2.75 bits per heavy atom. The van der Waals surface area contributed by atoms with E-state index >= 15 is 0 Å². The van der Waals surface area contributed by atoms with Gasteiger partial charge in [0.15, 0.2) is 5.78 Å². The summed E-state index contributed by atoms with van der Waals surface area (Å²) in [6.07, 6.45) is 2.00. The maximum atomic E-state index is 11.4. The summed E-state index contributed by atoms with van der Waals surface area (Å²) in [6, 6.07) is 0. The lowest BCUT2D eigenvalue weighted by Crippen LogP contribution is -2.37. The van der Waals surface area contributed by atoms with E-state index in [2.05, 4.69) is 27.3 Å². The zero-order valence-corrected chi connectivity index (χ0v) is 9.09. The number of ketones is 1. The molecule has 0 aromatic rings. The minimum atomic E-state index is -0.810. The Kier molecular flexibility index (Phi) is 3.09. The van der Waals surface area contributed by atoms with Gasteiger partial charge >= 0.3 is 5.97 Å². The maximum Gasteiger partial charge on any atom is 0.320 e. The molecule has 0 aliphatic heterocycles. The molecule has 1 aliphatic carbocycles. The van der Waals surface area contributed by atoms with E-state index in [-0.39, 0.29) is 11.8 Å². The van der Waals surface area contributed by atoms with Crippen molar-refractivity contribution in [3.05, 3.63) is 0 Å². The second kappa shape index (κ2) is 3.72. The van der Waals surface area contributed by atoms with E-state index in [0.717, 1.165) is 6.42 Å². The first kappa shape index (κ1) is 9.95. The van der Waals surface area contributed by atoms with Crippen molar-refractivity contribution in [2.45, 2.75) is 19.3 Å². The number of carbonyl (C=O) groups is 2. The van der Waals surface area contributed by atoms with E-state index in [4.69, 9.17) is 0 Å². The SMILES string of the molecule is COC(=O)C1(CI)CCCC1=O. The van der Waals surface area contributed by atoms with E-state index in [0.29, 0.717) is 17.3 Å². The first-order valence-corrected chi connectivity index (χ1v) is 5.37. The largest absolute Gasteiger partial charge is 0.468 e. The Labute approximate surface area is 85.0 Å². The topological polar surface area (TPSA) is 43.4 Å². The van der Waals surface area contributed by atoms with Crippen LogP contribution in [0.5, 0.6) is 0 Å². The lowest BCUT2D eigenvalue weighted by atomic mass is 9.88. The smallest absolute Gasteiger partial charge is 0.320 e. The highest BCUT2D eigenvalue weighted by Gasteiger charge is 2.48. The fourth-order valence-corrected chi connectivity index (χ4v) is 2.65. The maximum absolute atomic E-state index is 11.4. The second-order valence-electron chi connectivity index (χ2n) is 2.98. The molecule has 0 radical (unpaired) electrons. The standard InChI is InChI=1S/C8H11IO3/c1-12-7(11)8(5-9)4-2-3-6(8)10/h2-5H2,1H3. The zero-order chi connectivity index (χ0) is 9.19. The Hall–Kier alpha value is -0.130. The number of rotatable bonds is 2. The number of halogens is 1. The number of ether oxygens (including phenoxy) is 1. The highest BCUT2D eigenvalue weighted by atomic mass is 127. The number of carbonyl (C=O) groups excluding carboxylic acids is 2. The van der Waals surface area contributed by atoms with Crippen molar-refractivity contribution in [1.82, 2.24) is 0 Å². The van der Waals surface area contributed by atoms with Gasteiger partial charge in [0, 0.05) is 10.8 Å². The third-order valence-electron chi connectivity index (χ3n) is 2.35. The predicted octanol–water partition coefficient (Wildman–Crippen LogP) is 1.33. The average molecular weight is 282 g/mol.